The maximum atomic E-state index is 6.60. The summed E-state index contributed by atoms with van der Waals surface area (Å²) in [6, 6.07) is 0. The molecule has 0 saturated heterocycles. The normalized spacial score (nSPS) is 58.6. The third kappa shape index (κ3) is 1.16. The highest BCUT2D eigenvalue weighted by Crippen LogP contribution is 2.62. The molecule has 0 heterocycles. The van der Waals surface area contributed by atoms with E-state index in [1.807, 2.05) is 0 Å². The molecular formula is C11H16BrCl. The van der Waals surface area contributed by atoms with Crippen LogP contribution in [-0.4, -0.2) is 10.7 Å². The topological polar surface area (TPSA) is 0 Å². The molecule has 4 aliphatic rings. The van der Waals surface area contributed by atoms with Gasteiger partial charge in [0, 0.05) is 10.7 Å². The number of rotatable bonds is 1. The van der Waals surface area contributed by atoms with E-state index in [-0.39, 0.29) is 0 Å². The molecule has 4 aliphatic carbocycles. The van der Waals surface area contributed by atoms with Gasteiger partial charge in [-0.3, -0.25) is 0 Å². The first-order valence-electron chi connectivity index (χ1n) is 5.43. The Morgan fingerprint density at radius 3 is 2.31 bits per heavy atom. The lowest BCUT2D eigenvalue weighted by Gasteiger charge is -2.59. The van der Waals surface area contributed by atoms with E-state index < -0.39 is 0 Å². The first-order valence-corrected chi connectivity index (χ1v) is 6.99. The van der Waals surface area contributed by atoms with Crippen LogP contribution in [0.15, 0.2) is 0 Å². The molecule has 0 amide bonds. The molecule has 4 fully saturated rings. The van der Waals surface area contributed by atoms with Crippen molar-refractivity contribution in [3.05, 3.63) is 0 Å². The van der Waals surface area contributed by atoms with Gasteiger partial charge < -0.3 is 0 Å². The van der Waals surface area contributed by atoms with Crippen LogP contribution >= 0.6 is 27.5 Å². The zero-order valence-corrected chi connectivity index (χ0v) is 10.1. The average Bonchev–Trinajstić information content (AvgIpc) is 2.12. The van der Waals surface area contributed by atoms with Gasteiger partial charge in [0.25, 0.3) is 0 Å². The molecule has 0 aliphatic heterocycles. The van der Waals surface area contributed by atoms with E-state index in [0.717, 1.165) is 23.1 Å². The van der Waals surface area contributed by atoms with E-state index in [1.165, 1.54) is 32.1 Å². The molecule has 4 rings (SSSR count). The van der Waals surface area contributed by atoms with Crippen molar-refractivity contribution in [3.8, 4) is 0 Å². The molecule has 4 bridgehead atoms. The third-order valence-electron chi connectivity index (χ3n) is 4.59. The Morgan fingerprint density at radius 1 is 1.15 bits per heavy atom. The molecule has 3 unspecified atom stereocenters. The Labute approximate surface area is 93.5 Å². The molecule has 2 heteroatoms. The van der Waals surface area contributed by atoms with E-state index >= 15 is 0 Å². The summed E-state index contributed by atoms with van der Waals surface area (Å²) < 4.78 is 0. The van der Waals surface area contributed by atoms with Gasteiger partial charge in [-0.05, 0) is 55.3 Å². The summed E-state index contributed by atoms with van der Waals surface area (Å²) in [5.41, 5.74) is 0.482. The molecular weight excluding hydrogens is 247 g/mol. The predicted octanol–water partition coefficient (Wildman–Crippen LogP) is 3.82. The van der Waals surface area contributed by atoms with E-state index in [9.17, 15) is 0 Å². The summed E-state index contributed by atoms with van der Waals surface area (Å²) in [6.45, 7) is 0. The minimum Gasteiger partial charge on any atom is -0.122 e. The predicted molar refractivity (Wildman–Crippen MR) is 59.4 cm³/mol. The lowest BCUT2D eigenvalue weighted by molar-refractivity contribution is -0.0324. The summed E-state index contributed by atoms with van der Waals surface area (Å²) >= 11 is 10.3. The van der Waals surface area contributed by atoms with E-state index in [0.29, 0.717) is 10.8 Å². The lowest BCUT2D eigenvalue weighted by Crippen LogP contribution is -2.54. The van der Waals surface area contributed by atoms with Gasteiger partial charge in [0.05, 0.1) is 0 Å². The Balaban J connectivity index is 1.95. The van der Waals surface area contributed by atoms with Crippen molar-refractivity contribution >= 4 is 27.5 Å². The third-order valence-corrected chi connectivity index (χ3v) is 6.53. The molecule has 0 spiro atoms. The summed E-state index contributed by atoms with van der Waals surface area (Å²) in [7, 11) is 0. The van der Waals surface area contributed by atoms with E-state index in [4.69, 9.17) is 11.6 Å². The van der Waals surface area contributed by atoms with Crippen molar-refractivity contribution in [3.63, 3.8) is 0 Å². The first-order chi connectivity index (χ1) is 6.23. The fourth-order valence-electron chi connectivity index (χ4n) is 4.33. The maximum absolute atomic E-state index is 6.60. The number of hydrogen-bond donors (Lipinski definition) is 0. The van der Waals surface area contributed by atoms with Crippen LogP contribution in [0.5, 0.6) is 0 Å². The maximum Gasteiger partial charge on any atom is 0.0428 e. The van der Waals surface area contributed by atoms with Crippen molar-refractivity contribution in [2.24, 2.45) is 23.2 Å². The van der Waals surface area contributed by atoms with Crippen molar-refractivity contribution in [1.82, 2.24) is 0 Å². The smallest absolute Gasteiger partial charge is 0.0428 e. The quantitative estimate of drug-likeness (QED) is 0.631. The van der Waals surface area contributed by atoms with Crippen LogP contribution < -0.4 is 0 Å². The molecule has 5 atom stereocenters. The second kappa shape index (κ2) is 2.88. The minimum absolute atomic E-state index is 0.472. The largest absolute Gasteiger partial charge is 0.122 e. The zero-order chi connectivity index (χ0) is 9.05. The van der Waals surface area contributed by atoms with Gasteiger partial charge in [-0.2, -0.15) is 0 Å². The molecule has 4 saturated carbocycles. The van der Waals surface area contributed by atoms with Crippen molar-refractivity contribution in [1.29, 1.82) is 0 Å². The average molecular weight is 264 g/mol. The van der Waals surface area contributed by atoms with Crippen LogP contribution in [0.25, 0.3) is 0 Å². The van der Waals surface area contributed by atoms with Crippen LogP contribution in [-0.2, 0) is 0 Å². The fraction of sp³-hybridized carbons (Fsp3) is 1.00. The molecule has 0 N–H and O–H groups in total. The molecule has 0 radical (unpaired) electrons. The molecule has 0 aromatic heterocycles. The van der Waals surface area contributed by atoms with Gasteiger partial charge in [-0.15, -0.1) is 11.6 Å². The van der Waals surface area contributed by atoms with Gasteiger partial charge in [-0.25, -0.2) is 0 Å². The van der Waals surface area contributed by atoms with Crippen LogP contribution in [0.1, 0.15) is 32.1 Å². The summed E-state index contributed by atoms with van der Waals surface area (Å²) in [5, 5.41) is 1.61. The second-order valence-electron chi connectivity index (χ2n) is 5.51. The lowest BCUT2D eigenvalue weighted by atomic mass is 9.50. The zero-order valence-electron chi connectivity index (χ0n) is 7.81. The Bertz CT molecular complexity index is 214. The Morgan fingerprint density at radius 2 is 1.77 bits per heavy atom. The molecule has 74 valence electrons. The highest BCUT2D eigenvalue weighted by atomic mass is 79.9. The van der Waals surface area contributed by atoms with Crippen molar-refractivity contribution < 1.29 is 0 Å². The van der Waals surface area contributed by atoms with Crippen LogP contribution in [0.2, 0.25) is 0 Å². The highest BCUT2D eigenvalue weighted by Gasteiger charge is 2.55. The van der Waals surface area contributed by atoms with Crippen LogP contribution in [0.4, 0.5) is 0 Å². The molecule has 0 aromatic rings. The van der Waals surface area contributed by atoms with Gasteiger partial charge >= 0.3 is 0 Å². The standard InChI is InChI=1S/C11H16BrCl/c12-6-11-4-7-1-8(5-11)3-9(2-7)10(11)13/h7-10H,1-6H2/t7-,8+,9?,10?,11?. The molecule has 0 nitrogen and oxygen atoms in total. The number of halogens is 2. The van der Waals surface area contributed by atoms with Crippen LogP contribution in [0.3, 0.4) is 0 Å². The summed E-state index contributed by atoms with van der Waals surface area (Å²) in [6.07, 6.45) is 7.17. The minimum atomic E-state index is 0.472. The van der Waals surface area contributed by atoms with Gasteiger partial charge in [-0.1, -0.05) is 15.9 Å². The second-order valence-corrected chi connectivity index (χ2v) is 6.54. The molecule has 13 heavy (non-hydrogen) atoms. The SMILES string of the molecule is ClC1C2C[C@@H]3C[C@H](C2)CC1(CBr)C3. The summed E-state index contributed by atoms with van der Waals surface area (Å²) in [5.74, 6) is 2.89. The Kier molecular flexibility index (Phi) is 2.00. The Hall–Kier alpha value is 0.770. The van der Waals surface area contributed by atoms with E-state index in [2.05, 4.69) is 15.9 Å². The number of alkyl halides is 2. The van der Waals surface area contributed by atoms with Crippen LogP contribution in [0, 0.1) is 23.2 Å². The number of hydrogen-bond acceptors (Lipinski definition) is 0. The van der Waals surface area contributed by atoms with Gasteiger partial charge in [0.1, 0.15) is 0 Å². The monoisotopic (exact) mass is 262 g/mol. The first kappa shape index (κ1) is 9.03. The van der Waals surface area contributed by atoms with Gasteiger partial charge in [0.2, 0.25) is 0 Å². The van der Waals surface area contributed by atoms with Gasteiger partial charge in [0.15, 0.2) is 0 Å². The van der Waals surface area contributed by atoms with E-state index in [1.54, 1.807) is 0 Å². The van der Waals surface area contributed by atoms with Crippen molar-refractivity contribution in [2.45, 2.75) is 37.5 Å². The molecule has 0 aromatic carbocycles. The fourth-order valence-corrected chi connectivity index (χ4v) is 5.78. The highest BCUT2D eigenvalue weighted by molar-refractivity contribution is 9.09. The summed E-state index contributed by atoms with van der Waals surface area (Å²) in [4.78, 5) is 0. The van der Waals surface area contributed by atoms with Crippen molar-refractivity contribution in [2.75, 3.05) is 5.33 Å².